The lowest BCUT2D eigenvalue weighted by atomic mass is 10.0. The highest BCUT2D eigenvalue weighted by Gasteiger charge is 2.15. The third kappa shape index (κ3) is 2.71. The number of pyridine rings is 1. The molecular formula is C13H8ClF2NO. The van der Waals surface area contributed by atoms with E-state index in [1.165, 1.54) is 12.4 Å². The second kappa shape index (κ2) is 5.23. The Morgan fingerprint density at radius 2 is 1.83 bits per heavy atom. The molecule has 18 heavy (non-hydrogen) atoms. The highest BCUT2D eigenvalue weighted by atomic mass is 35.5. The van der Waals surface area contributed by atoms with E-state index in [4.69, 9.17) is 11.6 Å². The van der Waals surface area contributed by atoms with Gasteiger partial charge in [-0.3, -0.25) is 9.78 Å². The number of carbonyl (C=O) groups is 1. The first-order valence-corrected chi connectivity index (χ1v) is 5.52. The second-order valence-corrected chi connectivity index (χ2v) is 4.11. The van der Waals surface area contributed by atoms with Crippen molar-refractivity contribution in [3.63, 3.8) is 0 Å². The van der Waals surface area contributed by atoms with E-state index < -0.39 is 17.4 Å². The van der Waals surface area contributed by atoms with Gasteiger partial charge < -0.3 is 0 Å². The molecule has 2 rings (SSSR count). The average Bonchev–Trinajstić information content (AvgIpc) is 2.35. The summed E-state index contributed by atoms with van der Waals surface area (Å²) in [6, 6.07) is 4.90. The largest absolute Gasteiger partial charge is 0.294 e. The second-order valence-electron chi connectivity index (χ2n) is 3.70. The van der Waals surface area contributed by atoms with Gasteiger partial charge in [0.2, 0.25) is 0 Å². The van der Waals surface area contributed by atoms with Gasteiger partial charge >= 0.3 is 0 Å². The van der Waals surface area contributed by atoms with Crippen molar-refractivity contribution in [2.75, 3.05) is 0 Å². The lowest BCUT2D eigenvalue weighted by Crippen LogP contribution is -2.07. The SMILES string of the molecule is O=C(Cc1ccncc1)c1cc(F)c(Cl)cc1F. The number of benzene rings is 1. The Morgan fingerprint density at radius 1 is 1.17 bits per heavy atom. The van der Waals surface area contributed by atoms with Crippen molar-refractivity contribution in [2.45, 2.75) is 6.42 Å². The third-order valence-corrected chi connectivity index (χ3v) is 2.71. The number of carbonyl (C=O) groups excluding carboxylic acids is 1. The molecule has 0 N–H and O–H groups in total. The summed E-state index contributed by atoms with van der Waals surface area (Å²) in [4.78, 5) is 15.6. The smallest absolute Gasteiger partial charge is 0.170 e. The van der Waals surface area contributed by atoms with Crippen molar-refractivity contribution in [1.29, 1.82) is 0 Å². The molecule has 0 spiro atoms. The lowest BCUT2D eigenvalue weighted by molar-refractivity contribution is 0.0988. The monoisotopic (exact) mass is 267 g/mol. The van der Waals surface area contributed by atoms with Crippen LogP contribution in [0.3, 0.4) is 0 Å². The molecular weight excluding hydrogens is 260 g/mol. The maximum atomic E-state index is 13.5. The molecule has 0 bridgehead atoms. The molecule has 2 nitrogen and oxygen atoms in total. The van der Waals surface area contributed by atoms with Gasteiger partial charge in [-0.2, -0.15) is 0 Å². The lowest BCUT2D eigenvalue weighted by Gasteiger charge is -2.04. The minimum absolute atomic E-state index is 0.0134. The van der Waals surface area contributed by atoms with Crippen molar-refractivity contribution in [3.8, 4) is 0 Å². The Morgan fingerprint density at radius 3 is 2.50 bits per heavy atom. The fraction of sp³-hybridized carbons (Fsp3) is 0.0769. The van der Waals surface area contributed by atoms with Gasteiger partial charge in [0.1, 0.15) is 11.6 Å². The molecule has 1 heterocycles. The van der Waals surface area contributed by atoms with Gasteiger partial charge in [0.15, 0.2) is 5.78 Å². The summed E-state index contributed by atoms with van der Waals surface area (Å²) >= 11 is 5.42. The van der Waals surface area contributed by atoms with E-state index >= 15 is 0 Å². The summed E-state index contributed by atoms with van der Waals surface area (Å²) in [5, 5.41) is -0.340. The molecule has 5 heteroatoms. The van der Waals surface area contributed by atoms with Crippen LogP contribution in [0.5, 0.6) is 0 Å². The summed E-state index contributed by atoms with van der Waals surface area (Å²) in [5.74, 6) is -2.13. The molecule has 1 aromatic heterocycles. The quantitative estimate of drug-likeness (QED) is 0.630. The van der Waals surface area contributed by atoms with E-state index in [1.54, 1.807) is 12.1 Å². The van der Waals surface area contributed by atoms with Gasteiger partial charge in [0.05, 0.1) is 10.6 Å². The number of ketones is 1. The van der Waals surface area contributed by atoms with Crippen molar-refractivity contribution >= 4 is 17.4 Å². The molecule has 0 aliphatic heterocycles. The number of hydrogen-bond donors (Lipinski definition) is 0. The maximum absolute atomic E-state index is 13.5. The predicted molar refractivity (Wildman–Crippen MR) is 63.6 cm³/mol. The van der Waals surface area contributed by atoms with Crippen LogP contribution < -0.4 is 0 Å². The molecule has 0 aliphatic carbocycles. The van der Waals surface area contributed by atoms with Crippen molar-refractivity contribution in [2.24, 2.45) is 0 Å². The Balaban J connectivity index is 2.27. The normalized spacial score (nSPS) is 10.4. The third-order valence-electron chi connectivity index (χ3n) is 2.42. The van der Waals surface area contributed by atoms with Crippen LogP contribution in [0.1, 0.15) is 15.9 Å². The summed E-state index contributed by atoms with van der Waals surface area (Å²) in [7, 11) is 0. The standard InChI is InChI=1S/C13H8ClF2NO/c14-10-7-11(15)9(6-12(10)16)13(18)5-8-1-3-17-4-2-8/h1-4,6-7H,5H2. The number of rotatable bonds is 3. The molecule has 0 saturated heterocycles. The van der Waals surface area contributed by atoms with Crippen LogP contribution in [-0.2, 0) is 6.42 Å². The summed E-state index contributed by atoms with van der Waals surface area (Å²) in [6.07, 6.45) is 3.04. The fourth-order valence-corrected chi connectivity index (χ4v) is 1.67. The zero-order valence-electron chi connectivity index (χ0n) is 9.16. The van der Waals surface area contributed by atoms with Crippen LogP contribution in [0.4, 0.5) is 8.78 Å². The molecule has 0 amide bonds. The number of halogens is 3. The van der Waals surface area contributed by atoms with Gasteiger partial charge in [-0.1, -0.05) is 11.6 Å². The Kier molecular flexibility index (Phi) is 3.67. The van der Waals surface area contributed by atoms with Crippen LogP contribution in [0.2, 0.25) is 5.02 Å². The average molecular weight is 268 g/mol. The molecule has 0 atom stereocenters. The molecule has 0 unspecified atom stereocenters. The maximum Gasteiger partial charge on any atom is 0.170 e. The van der Waals surface area contributed by atoms with Gasteiger partial charge in [-0.25, -0.2) is 8.78 Å². The topological polar surface area (TPSA) is 30.0 Å². The highest BCUT2D eigenvalue weighted by Crippen LogP contribution is 2.20. The summed E-state index contributed by atoms with van der Waals surface area (Å²) < 4.78 is 26.7. The number of aromatic nitrogens is 1. The Bertz CT molecular complexity index is 587. The molecule has 0 aliphatic rings. The summed E-state index contributed by atoms with van der Waals surface area (Å²) in [6.45, 7) is 0. The zero-order chi connectivity index (χ0) is 13.1. The highest BCUT2D eigenvalue weighted by molar-refractivity contribution is 6.30. The van der Waals surface area contributed by atoms with Crippen molar-refractivity contribution in [1.82, 2.24) is 4.98 Å². The number of nitrogens with zero attached hydrogens (tertiary/aromatic N) is 1. The molecule has 0 radical (unpaired) electrons. The van der Waals surface area contributed by atoms with E-state index in [0.29, 0.717) is 5.56 Å². The van der Waals surface area contributed by atoms with Gasteiger partial charge in [-0.05, 0) is 29.8 Å². The Hall–Kier alpha value is -1.81. The van der Waals surface area contributed by atoms with E-state index in [0.717, 1.165) is 12.1 Å². The first-order chi connectivity index (χ1) is 8.58. The van der Waals surface area contributed by atoms with E-state index in [9.17, 15) is 13.6 Å². The van der Waals surface area contributed by atoms with E-state index in [1.807, 2.05) is 0 Å². The molecule has 1 aromatic carbocycles. The molecule has 92 valence electrons. The van der Waals surface area contributed by atoms with Crippen LogP contribution in [-0.4, -0.2) is 10.8 Å². The van der Waals surface area contributed by atoms with Crippen LogP contribution in [0.25, 0.3) is 0 Å². The van der Waals surface area contributed by atoms with Crippen LogP contribution in [0, 0.1) is 11.6 Å². The molecule has 0 saturated carbocycles. The first kappa shape index (κ1) is 12.6. The summed E-state index contributed by atoms with van der Waals surface area (Å²) in [5.41, 5.74) is 0.387. The van der Waals surface area contributed by atoms with Gasteiger partial charge in [0, 0.05) is 18.8 Å². The van der Waals surface area contributed by atoms with Gasteiger partial charge in [0.25, 0.3) is 0 Å². The van der Waals surface area contributed by atoms with Crippen molar-refractivity contribution < 1.29 is 13.6 Å². The van der Waals surface area contributed by atoms with E-state index in [-0.39, 0.29) is 17.0 Å². The van der Waals surface area contributed by atoms with Crippen molar-refractivity contribution in [3.05, 3.63) is 64.4 Å². The number of hydrogen-bond acceptors (Lipinski definition) is 2. The van der Waals surface area contributed by atoms with Gasteiger partial charge in [-0.15, -0.1) is 0 Å². The first-order valence-electron chi connectivity index (χ1n) is 5.14. The predicted octanol–water partition coefficient (Wildman–Crippen LogP) is 3.44. The fourth-order valence-electron chi connectivity index (χ4n) is 1.52. The zero-order valence-corrected chi connectivity index (χ0v) is 9.92. The number of Topliss-reactive ketones (excluding diaryl/α,β-unsaturated/α-hetero) is 1. The van der Waals surface area contributed by atoms with Crippen LogP contribution in [0.15, 0.2) is 36.7 Å². The minimum atomic E-state index is -0.819. The molecule has 0 fully saturated rings. The minimum Gasteiger partial charge on any atom is -0.294 e. The van der Waals surface area contributed by atoms with E-state index in [2.05, 4.69) is 4.98 Å². The Labute approximate surface area is 107 Å². The van der Waals surface area contributed by atoms with Crippen LogP contribution >= 0.6 is 11.6 Å². The molecule has 2 aromatic rings.